The molecule has 1 aliphatic heterocycles. The highest BCUT2D eigenvalue weighted by molar-refractivity contribution is 5.88. The third-order valence-corrected chi connectivity index (χ3v) is 7.18. The number of aryl methyl sites for hydroxylation is 1. The molecular weight excluding hydrogens is 407 g/mol. The van der Waals surface area contributed by atoms with Gasteiger partial charge in [-0.3, -0.25) is 9.48 Å². The summed E-state index contributed by atoms with van der Waals surface area (Å²) in [4.78, 5) is 17.7. The van der Waals surface area contributed by atoms with E-state index in [-0.39, 0.29) is 28.6 Å². The lowest BCUT2D eigenvalue weighted by atomic mass is 9.34. The van der Waals surface area contributed by atoms with Gasteiger partial charge in [-0.05, 0) is 67.0 Å². The second-order valence-electron chi connectivity index (χ2n) is 9.59. The number of hydrazone groups is 1. The molecule has 8 heteroatoms. The molecule has 0 saturated heterocycles. The zero-order valence-electron chi connectivity index (χ0n) is 17.6. The van der Waals surface area contributed by atoms with Gasteiger partial charge in [0, 0.05) is 19.2 Å². The first-order chi connectivity index (χ1) is 15.4. The smallest absolute Gasteiger partial charge is 0.249 e. The van der Waals surface area contributed by atoms with Crippen LogP contribution in [0.1, 0.15) is 48.5 Å². The summed E-state index contributed by atoms with van der Waals surface area (Å²) < 4.78 is 15.9. The number of aromatic nitrogens is 3. The van der Waals surface area contributed by atoms with Crippen molar-refractivity contribution in [1.29, 1.82) is 5.26 Å². The van der Waals surface area contributed by atoms with Crippen LogP contribution in [0.25, 0.3) is 11.0 Å². The van der Waals surface area contributed by atoms with E-state index in [1.807, 2.05) is 29.8 Å². The zero-order chi connectivity index (χ0) is 22.1. The average Bonchev–Trinajstić information content (AvgIpc) is 3.35. The SMILES string of the molecule is Cc1cc(F)cc(C2CC=NN2C(=O)C23CC(Cn4ncc5nc(C#N)ccc54)(C2)C3)c1. The highest BCUT2D eigenvalue weighted by Crippen LogP contribution is 2.74. The molecule has 4 aliphatic rings. The molecule has 0 spiro atoms. The Morgan fingerprint density at radius 1 is 1.28 bits per heavy atom. The van der Waals surface area contributed by atoms with Crippen molar-refractivity contribution in [1.82, 2.24) is 19.8 Å². The molecule has 3 heterocycles. The van der Waals surface area contributed by atoms with Gasteiger partial charge >= 0.3 is 0 Å². The van der Waals surface area contributed by atoms with E-state index in [0.29, 0.717) is 17.6 Å². The number of benzene rings is 1. The predicted octanol–water partition coefficient (Wildman–Crippen LogP) is 3.88. The summed E-state index contributed by atoms with van der Waals surface area (Å²) in [5.41, 5.74) is 3.32. The highest BCUT2D eigenvalue weighted by atomic mass is 19.1. The molecule has 1 atom stereocenters. The third kappa shape index (κ3) is 2.70. The Morgan fingerprint density at radius 2 is 2.09 bits per heavy atom. The van der Waals surface area contributed by atoms with Crippen LogP contribution >= 0.6 is 0 Å². The van der Waals surface area contributed by atoms with E-state index in [1.54, 1.807) is 23.5 Å². The lowest BCUT2D eigenvalue weighted by Gasteiger charge is -2.69. The first kappa shape index (κ1) is 19.1. The molecule has 2 bridgehead atoms. The summed E-state index contributed by atoms with van der Waals surface area (Å²) in [7, 11) is 0. The molecule has 0 N–H and O–H groups in total. The van der Waals surface area contributed by atoms with Gasteiger partial charge in [0.1, 0.15) is 23.1 Å². The summed E-state index contributed by atoms with van der Waals surface area (Å²) in [5.74, 6) is -0.239. The second kappa shape index (κ2) is 6.45. The fourth-order valence-corrected chi connectivity index (χ4v) is 5.95. The number of halogens is 1. The van der Waals surface area contributed by atoms with Gasteiger partial charge in [0.25, 0.3) is 0 Å². The molecule has 7 nitrogen and oxygen atoms in total. The van der Waals surface area contributed by atoms with E-state index in [4.69, 9.17) is 5.26 Å². The number of fused-ring (bicyclic) bond motifs is 1. The maximum atomic E-state index is 13.9. The molecule has 1 amide bonds. The van der Waals surface area contributed by atoms with Crippen LogP contribution in [0, 0.1) is 34.9 Å². The number of hydrogen-bond donors (Lipinski definition) is 0. The quantitative estimate of drug-likeness (QED) is 0.631. The Bertz CT molecular complexity index is 1310. The fourth-order valence-electron chi connectivity index (χ4n) is 5.95. The van der Waals surface area contributed by atoms with E-state index in [2.05, 4.69) is 15.2 Å². The normalized spacial score (nSPS) is 27.8. The van der Waals surface area contributed by atoms with E-state index in [1.165, 1.54) is 12.1 Å². The van der Waals surface area contributed by atoms with Crippen molar-refractivity contribution in [3.05, 3.63) is 59.2 Å². The van der Waals surface area contributed by atoms with Crippen molar-refractivity contribution >= 4 is 23.2 Å². The second-order valence-corrected chi connectivity index (χ2v) is 9.59. The van der Waals surface area contributed by atoms with Crippen LogP contribution in [0.15, 0.2) is 41.6 Å². The van der Waals surface area contributed by atoms with Crippen LogP contribution < -0.4 is 0 Å². The maximum absolute atomic E-state index is 13.9. The Morgan fingerprint density at radius 3 is 2.84 bits per heavy atom. The summed E-state index contributed by atoms with van der Waals surface area (Å²) in [6.45, 7) is 2.59. The Kier molecular flexibility index (Phi) is 3.85. The van der Waals surface area contributed by atoms with Gasteiger partial charge in [0.2, 0.25) is 5.91 Å². The molecule has 1 aromatic carbocycles. The first-order valence-electron chi connectivity index (χ1n) is 10.8. The van der Waals surface area contributed by atoms with Crippen LogP contribution in [0.4, 0.5) is 4.39 Å². The topological polar surface area (TPSA) is 87.2 Å². The van der Waals surface area contributed by atoms with Crippen molar-refractivity contribution < 1.29 is 9.18 Å². The molecule has 7 rings (SSSR count). The standard InChI is InChI=1S/C24H21FN6O/c1-15-6-16(8-17(25)7-15)20-4-5-27-31(20)22(32)24-11-23(12-24,13-24)14-30-21-3-2-18(9-26)29-19(21)10-28-30/h2-3,5-8,10,20H,4,11-14H2,1H3. The molecule has 1 unspecified atom stereocenters. The lowest BCUT2D eigenvalue weighted by Crippen LogP contribution is -2.68. The van der Waals surface area contributed by atoms with E-state index >= 15 is 0 Å². The van der Waals surface area contributed by atoms with Crippen molar-refractivity contribution in [2.75, 3.05) is 0 Å². The molecule has 32 heavy (non-hydrogen) atoms. The Balaban J connectivity index is 1.17. The van der Waals surface area contributed by atoms with Crippen molar-refractivity contribution in [3.8, 4) is 6.07 Å². The van der Waals surface area contributed by atoms with Crippen LogP contribution in [-0.2, 0) is 11.3 Å². The van der Waals surface area contributed by atoms with Gasteiger partial charge in [0.05, 0.1) is 23.2 Å². The van der Waals surface area contributed by atoms with Gasteiger partial charge < -0.3 is 0 Å². The molecular formula is C24H21FN6O. The molecule has 160 valence electrons. The predicted molar refractivity (Wildman–Crippen MR) is 115 cm³/mol. The minimum absolute atomic E-state index is 0.0469. The zero-order valence-corrected chi connectivity index (χ0v) is 17.6. The Hall–Kier alpha value is -3.60. The minimum Gasteiger partial charge on any atom is -0.272 e. The number of pyridine rings is 1. The molecule has 0 radical (unpaired) electrons. The van der Waals surface area contributed by atoms with Gasteiger partial charge in [-0.1, -0.05) is 6.07 Å². The first-order valence-corrected chi connectivity index (χ1v) is 10.8. The van der Waals surface area contributed by atoms with Crippen molar-refractivity contribution in [3.63, 3.8) is 0 Å². The third-order valence-electron chi connectivity index (χ3n) is 7.18. The maximum Gasteiger partial charge on any atom is 0.249 e. The monoisotopic (exact) mass is 428 g/mol. The van der Waals surface area contributed by atoms with Crippen LogP contribution in [0.5, 0.6) is 0 Å². The van der Waals surface area contributed by atoms with Crippen molar-refractivity contribution in [2.45, 2.75) is 45.2 Å². The molecule has 3 saturated carbocycles. The van der Waals surface area contributed by atoms with Crippen molar-refractivity contribution in [2.24, 2.45) is 15.9 Å². The van der Waals surface area contributed by atoms with Crippen LogP contribution in [0.2, 0.25) is 0 Å². The lowest BCUT2D eigenvalue weighted by molar-refractivity contribution is -0.223. The Labute approximate surface area is 184 Å². The number of carbonyl (C=O) groups is 1. The van der Waals surface area contributed by atoms with Gasteiger partial charge in [0.15, 0.2) is 0 Å². The number of nitrogens with zero attached hydrogens (tertiary/aromatic N) is 6. The summed E-state index contributed by atoms with van der Waals surface area (Å²) in [6, 6.07) is 10.3. The molecule has 3 aliphatic carbocycles. The van der Waals surface area contributed by atoms with E-state index in [0.717, 1.165) is 42.5 Å². The largest absolute Gasteiger partial charge is 0.272 e. The van der Waals surface area contributed by atoms with Crippen LogP contribution in [0.3, 0.4) is 0 Å². The molecule has 2 aromatic heterocycles. The van der Waals surface area contributed by atoms with E-state index < -0.39 is 0 Å². The van der Waals surface area contributed by atoms with E-state index in [9.17, 15) is 9.18 Å². The number of hydrogen-bond acceptors (Lipinski definition) is 5. The summed E-state index contributed by atoms with van der Waals surface area (Å²) >= 11 is 0. The number of amides is 1. The molecule has 3 fully saturated rings. The summed E-state index contributed by atoms with van der Waals surface area (Å²) in [5, 5.41) is 19.4. The highest BCUT2D eigenvalue weighted by Gasteiger charge is 2.72. The average molecular weight is 428 g/mol. The van der Waals surface area contributed by atoms with Crippen LogP contribution in [-0.4, -0.2) is 31.9 Å². The minimum atomic E-state index is -0.364. The summed E-state index contributed by atoms with van der Waals surface area (Å²) in [6.07, 6.45) is 6.47. The van der Waals surface area contributed by atoms with Gasteiger partial charge in [-0.2, -0.15) is 15.5 Å². The number of rotatable bonds is 4. The van der Waals surface area contributed by atoms with Gasteiger partial charge in [-0.25, -0.2) is 14.4 Å². The number of carbonyl (C=O) groups excluding carboxylic acids is 1. The molecule has 3 aromatic rings. The number of nitriles is 1. The van der Waals surface area contributed by atoms with Gasteiger partial charge in [-0.15, -0.1) is 0 Å². The fraction of sp³-hybridized carbons (Fsp3) is 0.375.